The van der Waals surface area contributed by atoms with Crippen LogP contribution in [0.1, 0.15) is 58.8 Å². The molecule has 0 spiro atoms. The van der Waals surface area contributed by atoms with Gasteiger partial charge in [-0.3, -0.25) is 9.59 Å². The summed E-state index contributed by atoms with van der Waals surface area (Å²) in [6, 6.07) is 0. The van der Waals surface area contributed by atoms with Gasteiger partial charge in [0.25, 0.3) is 0 Å². The molecule has 6 atom stereocenters. The number of ketones is 2. The lowest BCUT2D eigenvalue weighted by atomic mass is 9.46. The van der Waals surface area contributed by atoms with Crippen LogP contribution in [0, 0.1) is 33.3 Å². The van der Waals surface area contributed by atoms with Crippen LogP contribution in [0.3, 0.4) is 0 Å². The van der Waals surface area contributed by atoms with Crippen molar-refractivity contribution in [2.75, 3.05) is 0 Å². The summed E-state index contributed by atoms with van der Waals surface area (Å²) in [5, 5.41) is 23.3. The molecule has 0 amide bonds. The van der Waals surface area contributed by atoms with E-state index in [1.165, 1.54) is 11.8 Å². The molecule has 0 bridgehead atoms. The van der Waals surface area contributed by atoms with Crippen LogP contribution in [-0.4, -0.2) is 27.5 Å². The number of thiocyanates is 1. The maximum atomic E-state index is 12.6. The highest BCUT2D eigenvalue weighted by Gasteiger charge is 2.70. The lowest BCUT2D eigenvalue weighted by Gasteiger charge is -2.64. The Labute approximate surface area is 153 Å². The van der Waals surface area contributed by atoms with Crippen LogP contribution in [0.25, 0.3) is 0 Å². The number of nitriles is 1. The van der Waals surface area contributed by atoms with E-state index in [1.807, 2.05) is 6.92 Å². The third-order valence-corrected chi connectivity index (χ3v) is 9.46. The van der Waals surface area contributed by atoms with E-state index in [4.69, 9.17) is 0 Å². The van der Waals surface area contributed by atoms with Gasteiger partial charge >= 0.3 is 0 Å². The Bertz CT molecular complexity index is 725. The molecule has 0 aromatic heterocycles. The predicted octanol–water partition coefficient (Wildman–Crippen LogP) is 3.40. The van der Waals surface area contributed by atoms with E-state index in [0.29, 0.717) is 25.7 Å². The van der Waals surface area contributed by atoms with Crippen molar-refractivity contribution in [2.45, 2.75) is 69.6 Å². The molecule has 1 unspecified atom stereocenters. The number of fused-ring (bicyclic) bond motifs is 5. The Morgan fingerprint density at radius 2 is 1.92 bits per heavy atom. The van der Waals surface area contributed by atoms with Crippen molar-refractivity contribution in [3.63, 3.8) is 0 Å². The van der Waals surface area contributed by atoms with Crippen LogP contribution in [0.4, 0.5) is 0 Å². The monoisotopic (exact) mass is 359 g/mol. The summed E-state index contributed by atoms with van der Waals surface area (Å²) in [7, 11) is 0. The molecule has 5 heteroatoms. The van der Waals surface area contributed by atoms with Gasteiger partial charge in [0.05, 0.1) is 10.9 Å². The van der Waals surface area contributed by atoms with Gasteiger partial charge in [-0.05, 0) is 61.8 Å². The molecular formula is C20H25NO3S. The number of Topliss-reactive ketones (excluding diaryl/α,β-unsaturated/α-hetero) is 1. The van der Waals surface area contributed by atoms with Crippen LogP contribution in [0.5, 0.6) is 0 Å². The van der Waals surface area contributed by atoms with Crippen LogP contribution in [-0.2, 0) is 9.59 Å². The van der Waals surface area contributed by atoms with Gasteiger partial charge < -0.3 is 5.11 Å². The number of carbonyl (C=O) groups excluding carboxylic acids is 2. The van der Waals surface area contributed by atoms with Crippen molar-refractivity contribution in [3.8, 4) is 5.40 Å². The van der Waals surface area contributed by atoms with Crippen LogP contribution >= 0.6 is 11.8 Å². The van der Waals surface area contributed by atoms with Crippen LogP contribution < -0.4 is 0 Å². The molecule has 0 saturated heterocycles. The lowest BCUT2D eigenvalue weighted by Crippen LogP contribution is -2.67. The molecule has 1 N–H and O–H groups in total. The Morgan fingerprint density at radius 3 is 2.64 bits per heavy atom. The fourth-order valence-corrected chi connectivity index (χ4v) is 7.96. The Balaban J connectivity index is 1.89. The topological polar surface area (TPSA) is 78.2 Å². The summed E-state index contributed by atoms with van der Waals surface area (Å²) in [6.07, 6.45) is 5.85. The number of aliphatic hydroxyl groups is 1. The van der Waals surface area contributed by atoms with Crippen molar-refractivity contribution < 1.29 is 14.7 Å². The van der Waals surface area contributed by atoms with Crippen molar-refractivity contribution in [1.82, 2.24) is 0 Å². The number of nitrogens with zero attached hydrogens (tertiary/aromatic N) is 1. The van der Waals surface area contributed by atoms with Crippen molar-refractivity contribution >= 4 is 23.3 Å². The van der Waals surface area contributed by atoms with Gasteiger partial charge in [-0.15, -0.1) is 0 Å². The Morgan fingerprint density at radius 1 is 1.20 bits per heavy atom. The average Bonchev–Trinajstić information content (AvgIpc) is 2.85. The van der Waals surface area contributed by atoms with Gasteiger partial charge in [-0.2, -0.15) is 5.26 Å². The zero-order valence-corrected chi connectivity index (χ0v) is 15.7. The summed E-state index contributed by atoms with van der Waals surface area (Å²) in [4.78, 5) is 24.6. The maximum absolute atomic E-state index is 12.6. The van der Waals surface area contributed by atoms with E-state index in [-0.39, 0.29) is 28.8 Å². The fourth-order valence-electron chi connectivity index (χ4n) is 6.70. The molecule has 4 aliphatic carbocycles. The van der Waals surface area contributed by atoms with Gasteiger partial charge in [0, 0.05) is 23.7 Å². The first-order chi connectivity index (χ1) is 11.8. The smallest absolute Gasteiger partial charge is 0.155 e. The molecule has 25 heavy (non-hydrogen) atoms. The lowest BCUT2D eigenvalue weighted by molar-refractivity contribution is -0.140. The minimum Gasteiger partial charge on any atom is -0.392 e. The second-order valence-corrected chi connectivity index (χ2v) is 9.87. The Hall–Kier alpha value is -1.12. The predicted molar refractivity (Wildman–Crippen MR) is 95.6 cm³/mol. The first kappa shape index (κ1) is 17.3. The van der Waals surface area contributed by atoms with Crippen molar-refractivity contribution in [2.24, 2.45) is 22.7 Å². The summed E-state index contributed by atoms with van der Waals surface area (Å²) in [6.45, 7) is 4.17. The van der Waals surface area contributed by atoms with E-state index in [2.05, 4.69) is 12.3 Å². The number of carbonyl (C=O) groups is 2. The molecule has 134 valence electrons. The number of hydrogen-bond donors (Lipinski definition) is 1. The van der Waals surface area contributed by atoms with Crippen LogP contribution in [0.15, 0.2) is 11.6 Å². The highest BCUT2D eigenvalue weighted by Crippen LogP contribution is 2.70. The zero-order chi connectivity index (χ0) is 18.0. The molecule has 0 heterocycles. The largest absolute Gasteiger partial charge is 0.392 e. The average molecular weight is 359 g/mol. The molecule has 4 aliphatic rings. The number of hydrogen-bond acceptors (Lipinski definition) is 5. The summed E-state index contributed by atoms with van der Waals surface area (Å²) < 4.78 is -0.610. The number of aliphatic hydroxyl groups excluding tert-OH is 1. The number of allylic oxidation sites excluding steroid dienone is 1. The highest BCUT2D eigenvalue weighted by atomic mass is 32.2. The van der Waals surface area contributed by atoms with E-state index >= 15 is 0 Å². The van der Waals surface area contributed by atoms with Gasteiger partial charge in [0.1, 0.15) is 11.2 Å². The second kappa shape index (κ2) is 5.44. The zero-order valence-electron chi connectivity index (χ0n) is 14.9. The number of rotatable bonds is 1. The molecule has 0 aromatic carbocycles. The quantitative estimate of drug-likeness (QED) is 0.726. The molecule has 4 rings (SSSR count). The minimum atomic E-state index is -0.702. The van der Waals surface area contributed by atoms with E-state index in [1.54, 1.807) is 6.08 Å². The Kier molecular flexibility index (Phi) is 3.76. The molecule has 3 fully saturated rings. The van der Waals surface area contributed by atoms with E-state index in [0.717, 1.165) is 24.8 Å². The first-order valence-corrected chi connectivity index (χ1v) is 10.1. The molecule has 0 radical (unpaired) electrons. The third kappa shape index (κ3) is 1.99. The van der Waals surface area contributed by atoms with E-state index in [9.17, 15) is 20.0 Å². The van der Waals surface area contributed by atoms with Gasteiger partial charge in [0.15, 0.2) is 5.78 Å². The fraction of sp³-hybridized carbons (Fsp3) is 0.750. The molecule has 3 saturated carbocycles. The standard InChI is InChI=1S/C20H25NO3S/c1-18-10-17(24)20(25-11-21)15(14(18)5-6-16(18)23)4-3-12-9-13(22)7-8-19(12,20)2/h9,14-15,17,24H,3-8,10H2,1-2H3/t14-,15-,17?,18-,19-,20-/m0/s1. The minimum absolute atomic E-state index is 0.146. The summed E-state index contributed by atoms with van der Waals surface area (Å²) >= 11 is 1.22. The molecule has 0 aliphatic heterocycles. The maximum Gasteiger partial charge on any atom is 0.155 e. The van der Waals surface area contributed by atoms with E-state index < -0.39 is 16.3 Å². The molecule has 4 nitrogen and oxygen atoms in total. The normalized spacial score (nSPS) is 48.9. The van der Waals surface area contributed by atoms with Gasteiger partial charge in [-0.25, -0.2) is 0 Å². The van der Waals surface area contributed by atoms with Gasteiger partial charge in [-0.1, -0.05) is 19.4 Å². The molecular weight excluding hydrogens is 334 g/mol. The van der Waals surface area contributed by atoms with Crippen molar-refractivity contribution in [1.29, 1.82) is 5.26 Å². The highest BCUT2D eigenvalue weighted by molar-refractivity contribution is 8.05. The third-order valence-electron chi connectivity index (χ3n) is 8.00. The summed E-state index contributed by atoms with van der Waals surface area (Å²) in [5.74, 6) is 0.819. The van der Waals surface area contributed by atoms with Gasteiger partial charge in [0.2, 0.25) is 0 Å². The van der Waals surface area contributed by atoms with Crippen LogP contribution in [0.2, 0.25) is 0 Å². The summed E-state index contributed by atoms with van der Waals surface area (Å²) in [5.41, 5.74) is 0.303. The van der Waals surface area contributed by atoms with Crippen molar-refractivity contribution in [3.05, 3.63) is 11.6 Å². The second-order valence-electron chi connectivity index (χ2n) is 8.81. The number of thioether (sulfide) groups is 1. The molecule has 0 aromatic rings. The SMILES string of the molecule is C[C@]12CCC(=O)C=C1CC[C@H]1[C@@H]3CCC(=O)[C@@]3(C)CC(O)[C@@]12SC#N. The first-order valence-electron chi connectivity index (χ1n) is 9.32.